The van der Waals surface area contributed by atoms with Gasteiger partial charge in [0, 0.05) is 31.6 Å². The number of aryl methyl sites for hydroxylation is 1. The second-order valence-corrected chi connectivity index (χ2v) is 5.17. The molecule has 2 N–H and O–H groups in total. The monoisotopic (exact) mass is 291 g/mol. The summed E-state index contributed by atoms with van der Waals surface area (Å²) in [5, 5.41) is 5.61. The van der Waals surface area contributed by atoms with Crippen LogP contribution in [-0.4, -0.2) is 50.4 Å². The van der Waals surface area contributed by atoms with E-state index in [-0.39, 0.29) is 11.8 Å². The minimum absolute atomic E-state index is 0.0408. The Bertz CT molecular complexity index is 472. The number of benzene rings is 1. The van der Waals surface area contributed by atoms with Crippen molar-refractivity contribution in [2.45, 2.75) is 19.8 Å². The summed E-state index contributed by atoms with van der Waals surface area (Å²) in [4.78, 5) is 25.6. The van der Waals surface area contributed by atoms with E-state index in [0.717, 1.165) is 18.5 Å². The van der Waals surface area contributed by atoms with Gasteiger partial charge in [0.05, 0.1) is 0 Å². The molecule has 0 bridgehead atoms. The Balaban J connectivity index is 2.32. The van der Waals surface area contributed by atoms with Gasteiger partial charge in [-0.15, -0.1) is 0 Å². The van der Waals surface area contributed by atoms with Crippen LogP contribution in [0.3, 0.4) is 0 Å². The minimum atomic E-state index is -0.117. The minimum Gasteiger partial charge on any atom is -0.355 e. The molecular weight excluding hydrogens is 266 g/mol. The highest BCUT2D eigenvalue weighted by molar-refractivity contribution is 5.95. The number of nitrogens with zero attached hydrogens (tertiary/aromatic N) is 1. The first kappa shape index (κ1) is 17.2. The SMILES string of the molecule is CCc1ccccc1C(=O)NCCC(=O)NCCN(C)C. The first-order valence-electron chi connectivity index (χ1n) is 7.32. The summed E-state index contributed by atoms with van der Waals surface area (Å²) < 4.78 is 0. The molecule has 0 atom stereocenters. The van der Waals surface area contributed by atoms with Crippen LogP contribution >= 0.6 is 0 Å². The smallest absolute Gasteiger partial charge is 0.251 e. The molecule has 2 amide bonds. The molecule has 1 aromatic carbocycles. The van der Waals surface area contributed by atoms with Crippen molar-refractivity contribution < 1.29 is 9.59 Å². The van der Waals surface area contributed by atoms with Gasteiger partial charge in [0.2, 0.25) is 5.91 Å². The highest BCUT2D eigenvalue weighted by Crippen LogP contribution is 2.08. The lowest BCUT2D eigenvalue weighted by Gasteiger charge is -2.11. The number of hydrogen-bond donors (Lipinski definition) is 2. The molecule has 5 heteroatoms. The molecule has 0 aliphatic carbocycles. The van der Waals surface area contributed by atoms with E-state index in [2.05, 4.69) is 10.6 Å². The van der Waals surface area contributed by atoms with Crippen molar-refractivity contribution in [3.63, 3.8) is 0 Å². The Hall–Kier alpha value is -1.88. The fourth-order valence-corrected chi connectivity index (χ4v) is 1.94. The predicted molar refractivity (Wildman–Crippen MR) is 84.3 cm³/mol. The van der Waals surface area contributed by atoms with Crippen LogP contribution < -0.4 is 10.6 Å². The number of nitrogens with one attached hydrogen (secondary N) is 2. The Morgan fingerprint density at radius 3 is 2.48 bits per heavy atom. The van der Waals surface area contributed by atoms with Crippen LogP contribution in [0.1, 0.15) is 29.3 Å². The quantitative estimate of drug-likeness (QED) is 0.752. The van der Waals surface area contributed by atoms with Gasteiger partial charge in [0.1, 0.15) is 0 Å². The van der Waals surface area contributed by atoms with Crippen molar-refractivity contribution >= 4 is 11.8 Å². The van der Waals surface area contributed by atoms with Crippen molar-refractivity contribution in [1.29, 1.82) is 0 Å². The van der Waals surface area contributed by atoms with Gasteiger partial charge in [-0.25, -0.2) is 0 Å². The summed E-state index contributed by atoms with van der Waals surface area (Å²) in [5.74, 6) is -0.158. The summed E-state index contributed by atoms with van der Waals surface area (Å²) in [7, 11) is 3.91. The summed E-state index contributed by atoms with van der Waals surface area (Å²) in [6.07, 6.45) is 1.11. The molecule has 0 saturated heterocycles. The normalized spacial score (nSPS) is 10.5. The third kappa shape index (κ3) is 6.40. The maximum Gasteiger partial charge on any atom is 0.251 e. The third-order valence-electron chi connectivity index (χ3n) is 3.16. The topological polar surface area (TPSA) is 61.4 Å². The lowest BCUT2D eigenvalue weighted by Crippen LogP contribution is -2.34. The predicted octanol–water partition coefficient (Wildman–Crippen LogP) is 1.05. The van der Waals surface area contributed by atoms with E-state index in [1.165, 1.54) is 0 Å². The number of amides is 2. The number of likely N-dealkylation sites (N-methyl/N-ethyl adjacent to an activating group) is 1. The van der Waals surface area contributed by atoms with Crippen molar-refractivity contribution in [1.82, 2.24) is 15.5 Å². The molecule has 0 spiro atoms. The number of carbonyl (C=O) groups is 2. The van der Waals surface area contributed by atoms with Crippen LogP contribution in [0.5, 0.6) is 0 Å². The summed E-state index contributed by atoms with van der Waals surface area (Å²) in [6, 6.07) is 7.53. The Labute approximate surface area is 126 Å². The third-order valence-corrected chi connectivity index (χ3v) is 3.16. The van der Waals surface area contributed by atoms with Crippen LogP contribution in [0.15, 0.2) is 24.3 Å². The lowest BCUT2D eigenvalue weighted by molar-refractivity contribution is -0.120. The zero-order chi connectivity index (χ0) is 15.7. The number of carbonyl (C=O) groups excluding carboxylic acids is 2. The average Bonchev–Trinajstić information content (AvgIpc) is 2.46. The van der Waals surface area contributed by atoms with Gasteiger partial charge in [0.25, 0.3) is 5.91 Å². The second-order valence-electron chi connectivity index (χ2n) is 5.17. The van der Waals surface area contributed by atoms with E-state index in [4.69, 9.17) is 0 Å². The lowest BCUT2D eigenvalue weighted by atomic mass is 10.0. The van der Waals surface area contributed by atoms with Crippen molar-refractivity contribution in [3.05, 3.63) is 35.4 Å². The maximum atomic E-state index is 12.1. The van der Waals surface area contributed by atoms with Gasteiger partial charge in [0.15, 0.2) is 0 Å². The van der Waals surface area contributed by atoms with Crippen LogP contribution in [-0.2, 0) is 11.2 Å². The van der Waals surface area contributed by atoms with E-state index < -0.39 is 0 Å². The standard InChI is InChI=1S/C16H25N3O2/c1-4-13-7-5-6-8-14(13)16(21)18-10-9-15(20)17-11-12-19(2)3/h5-8H,4,9-12H2,1-3H3,(H,17,20)(H,18,21). The summed E-state index contributed by atoms with van der Waals surface area (Å²) in [5.41, 5.74) is 1.71. The molecule has 0 aliphatic heterocycles. The molecule has 1 rings (SSSR count). The Kier molecular flexibility index (Phi) is 7.46. The van der Waals surface area contributed by atoms with Gasteiger partial charge >= 0.3 is 0 Å². The number of rotatable bonds is 8. The van der Waals surface area contributed by atoms with Crippen LogP contribution in [0, 0.1) is 0 Å². The molecular formula is C16H25N3O2. The van der Waals surface area contributed by atoms with Crippen LogP contribution in [0.2, 0.25) is 0 Å². The zero-order valence-corrected chi connectivity index (χ0v) is 13.1. The fraction of sp³-hybridized carbons (Fsp3) is 0.500. The zero-order valence-electron chi connectivity index (χ0n) is 13.1. The fourth-order valence-electron chi connectivity index (χ4n) is 1.94. The summed E-state index contributed by atoms with van der Waals surface area (Å²) >= 11 is 0. The van der Waals surface area contributed by atoms with E-state index >= 15 is 0 Å². The molecule has 0 heterocycles. The molecule has 0 fully saturated rings. The second kappa shape index (κ2) is 9.13. The van der Waals surface area contributed by atoms with Crippen molar-refractivity contribution in [2.75, 3.05) is 33.7 Å². The van der Waals surface area contributed by atoms with E-state index in [1.54, 1.807) is 0 Å². The molecule has 1 aromatic rings. The van der Waals surface area contributed by atoms with E-state index in [9.17, 15) is 9.59 Å². The van der Waals surface area contributed by atoms with Gasteiger partial charge < -0.3 is 15.5 Å². The van der Waals surface area contributed by atoms with Gasteiger partial charge in [-0.3, -0.25) is 9.59 Å². The Morgan fingerprint density at radius 2 is 1.81 bits per heavy atom. The maximum absolute atomic E-state index is 12.1. The van der Waals surface area contributed by atoms with Gasteiger partial charge in [-0.05, 0) is 32.1 Å². The Morgan fingerprint density at radius 1 is 1.10 bits per heavy atom. The first-order chi connectivity index (χ1) is 10.0. The van der Waals surface area contributed by atoms with Gasteiger partial charge in [-0.2, -0.15) is 0 Å². The highest BCUT2D eigenvalue weighted by atomic mass is 16.2. The largest absolute Gasteiger partial charge is 0.355 e. The van der Waals surface area contributed by atoms with Crippen LogP contribution in [0.25, 0.3) is 0 Å². The number of hydrogen-bond acceptors (Lipinski definition) is 3. The van der Waals surface area contributed by atoms with Crippen LogP contribution in [0.4, 0.5) is 0 Å². The molecule has 0 aromatic heterocycles. The molecule has 116 valence electrons. The van der Waals surface area contributed by atoms with Crippen molar-refractivity contribution in [2.24, 2.45) is 0 Å². The molecule has 0 radical (unpaired) electrons. The highest BCUT2D eigenvalue weighted by Gasteiger charge is 2.09. The molecule has 0 saturated carbocycles. The molecule has 0 unspecified atom stereocenters. The van der Waals surface area contributed by atoms with E-state index in [1.807, 2.05) is 50.2 Å². The van der Waals surface area contributed by atoms with Crippen molar-refractivity contribution in [3.8, 4) is 0 Å². The average molecular weight is 291 g/mol. The van der Waals surface area contributed by atoms with E-state index in [0.29, 0.717) is 25.1 Å². The molecule has 0 aliphatic rings. The van der Waals surface area contributed by atoms with Gasteiger partial charge in [-0.1, -0.05) is 25.1 Å². The molecule has 21 heavy (non-hydrogen) atoms. The first-order valence-corrected chi connectivity index (χ1v) is 7.32. The molecule has 5 nitrogen and oxygen atoms in total. The summed E-state index contributed by atoms with van der Waals surface area (Å²) in [6.45, 7) is 3.80.